The summed E-state index contributed by atoms with van der Waals surface area (Å²) in [7, 11) is 0. The number of aromatic nitrogens is 1. The van der Waals surface area contributed by atoms with Crippen LogP contribution in [0.5, 0.6) is 5.75 Å². The standard InChI is InChI=1S/C23H25N3O3/c1-2-24-21(27)14-29-16-8-5-7-15(13-16)25-23(28)19-11-6-10-18-17-9-3-4-12-20(17)26-22(18)19/h5-8,10-11,13,26H,2-4,9,12,14H2,1H3,(H,24,27)(H,25,28). The van der Waals surface area contributed by atoms with Crippen molar-refractivity contribution in [2.24, 2.45) is 0 Å². The van der Waals surface area contributed by atoms with E-state index in [1.165, 1.54) is 24.1 Å². The van der Waals surface area contributed by atoms with Gasteiger partial charge in [-0.2, -0.15) is 0 Å². The van der Waals surface area contributed by atoms with Gasteiger partial charge in [0.05, 0.1) is 11.1 Å². The lowest BCUT2D eigenvalue weighted by molar-refractivity contribution is -0.122. The van der Waals surface area contributed by atoms with E-state index in [0.29, 0.717) is 23.5 Å². The van der Waals surface area contributed by atoms with Crippen LogP contribution in [0.15, 0.2) is 42.5 Å². The van der Waals surface area contributed by atoms with Crippen LogP contribution in [0.4, 0.5) is 5.69 Å². The number of ether oxygens (including phenoxy) is 1. The maximum atomic E-state index is 13.0. The molecule has 1 heterocycles. The molecule has 4 rings (SSSR count). The second-order valence-corrected chi connectivity index (χ2v) is 7.24. The molecule has 0 atom stereocenters. The number of benzene rings is 2. The lowest BCUT2D eigenvalue weighted by Crippen LogP contribution is -2.28. The van der Waals surface area contributed by atoms with Gasteiger partial charge in [0.15, 0.2) is 6.61 Å². The number of hydrogen-bond acceptors (Lipinski definition) is 3. The number of anilines is 1. The van der Waals surface area contributed by atoms with Crippen molar-refractivity contribution in [1.29, 1.82) is 0 Å². The Labute approximate surface area is 169 Å². The van der Waals surface area contributed by atoms with Crippen molar-refractivity contribution >= 4 is 28.4 Å². The van der Waals surface area contributed by atoms with Crippen molar-refractivity contribution in [3.05, 3.63) is 59.3 Å². The molecular formula is C23H25N3O3. The molecule has 0 spiro atoms. The smallest absolute Gasteiger partial charge is 0.257 e. The van der Waals surface area contributed by atoms with Crippen LogP contribution in [0.1, 0.15) is 41.4 Å². The third kappa shape index (κ3) is 4.11. The number of fused-ring (bicyclic) bond motifs is 3. The summed E-state index contributed by atoms with van der Waals surface area (Å²) in [6.45, 7) is 2.36. The van der Waals surface area contributed by atoms with Crippen LogP contribution in [0.3, 0.4) is 0 Å². The van der Waals surface area contributed by atoms with Crippen molar-refractivity contribution in [2.45, 2.75) is 32.6 Å². The topological polar surface area (TPSA) is 83.2 Å². The van der Waals surface area contributed by atoms with Crippen LogP contribution in [0.2, 0.25) is 0 Å². The van der Waals surface area contributed by atoms with Gasteiger partial charge in [-0.25, -0.2) is 0 Å². The number of amides is 2. The number of nitrogens with one attached hydrogen (secondary N) is 3. The summed E-state index contributed by atoms with van der Waals surface area (Å²) >= 11 is 0. The summed E-state index contributed by atoms with van der Waals surface area (Å²) in [5.41, 5.74) is 4.76. The SMILES string of the molecule is CCNC(=O)COc1cccc(NC(=O)c2cccc3c4c([nH]c23)CCCC4)c1. The van der Waals surface area contributed by atoms with Crippen molar-refractivity contribution in [3.8, 4) is 5.75 Å². The fourth-order valence-electron chi connectivity index (χ4n) is 3.88. The molecule has 1 aromatic heterocycles. The Bertz CT molecular complexity index is 1050. The summed E-state index contributed by atoms with van der Waals surface area (Å²) in [5.74, 6) is 0.182. The number of aryl methyl sites for hydroxylation is 2. The fraction of sp³-hybridized carbons (Fsp3) is 0.304. The number of para-hydroxylation sites is 1. The average molecular weight is 391 g/mol. The summed E-state index contributed by atoms with van der Waals surface area (Å²) in [5, 5.41) is 6.77. The zero-order chi connectivity index (χ0) is 20.2. The van der Waals surface area contributed by atoms with E-state index >= 15 is 0 Å². The largest absolute Gasteiger partial charge is 0.484 e. The Morgan fingerprint density at radius 2 is 1.93 bits per heavy atom. The molecule has 2 amide bonds. The number of H-pyrrole nitrogens is 1. The number of carbonyl (C=O) groups excluding carboxylic acids is 2. The van der Waals surface area contributed by atoms with E-state index in [-0.39, 0.29) is 18.4 Å². The van der Waals surface area contributed by atoms with Crippen LogP contribution >= 0.6 is 0 Å². The number of rotatable bonds is 6. The zero-order valence-corrected chi connectivity index (χ0v) is 16.5. The van der Waals surface area contributed by atoms with E-state index in [9.17, 15) is 9.59 Å². The Morgan fingerprint density at radius 1 is 1.10 bits per heavy atom. The number of likely N-dealkylation sites (N-methyl/N-ethyl adjacent to an activating group) is 1. The Kier molecular flexibility index (Phi) is 5.51. The summed E-state index contributed by atoms with van der Waals surface area (Å²) in [4.78, 5) is 28.0. The first-order chi connectivity index (χ1) is 14.2. The second-order valence-electron chi connectivity index (χ2n) is 7.24. The molecule has 150 valence electrons. The van der Waals surface area contributed by atoms with Crippen LogP contribution in [0.25, 0.3) is 10.9 Å². The van der Waals surface area contributed by atoms with Gasteiger partial charge in [0.1, 0.15) is 5.75 Å². The van der Waals surface area contributed by atoms with Gasteiger partial charge in [0, 0.05) is 29.4 Å². The Balaban J connectivity index is 1.52. The third-order valence-corrected chi connectivity index (χ3v) is 5.21. The lowest BCUT2D eigenvalue weighted by atomic mass is 9.95. The van der Waals surface area contributed by atoms with Crippen molar-refractivity contribution in [1.82, 2.24) is 10.3 Å². The van der Waals surface area contributed by atoms with Gasteiger partial charge in [0.2, 0.25) is 0 Å². The first-order valence-corrected chi connectivity index (χ1v) is 10.1. The summed E-state index contributed by atoms with van der Waals surface area (Å²) < 4.78 is 5.50. The number of hydrogen-bond donors (Lipinski definition) is 3. The quantitative estimate of drug-likeness (QED) is 0.597. The molecule has 0 saturated carbocycles. The highest BCUT2D eigenvalue weighted by atomic mass is 16.5. The molecule has 1 aliphatic carbocycles. The molecule has 0 fully saturated rings. The minimum Gasteiger partial charge on any atom is -0.484 e. The van der Waals surface area contributed by atoms with Gasteiger partial charge in [-0.15, -0.1) is 0 Å². The molecule has 2 aromatic carbocycles. The molecule has 0 aliphatic heterocycles. The lowest BCUT2D eigenvalue weighted by Gasteiger charge is -2.10. The molecule has 29 heavy (non-hydrogen) atoms. The van der Waals surface area contributed by atoms with E-state index < -0.39 is 0 Å². The maximum Gasteiger partial charge on any atom is 0.257 e. The first-order valence-electron chi connectivity index (χ1n) is 10.1. The van der Waals surface area contributed by atoms with E-state index in [1.807, 2.05) is 19.1 Å². The Morgan fingerprint density at radius 3 is 2.79 bits per heavy atom. The minimum absolute atomic E-state index is 0.0570. The van der Waals surface area contributed by atoms with Crippen LogP contribution < -0.4 is 15.4 Å². The third-order valence-electron chi connectivity index (χ3n) is 5.21. The molecule has 3 aromatic rings. The van der Waals surface area contributed by atoms with E-state index in [2.05, 4.69) is 21.7 Å². The monoisotopic (exact) mass is 391 g/mol. The van der Waals surface area contributed by atoms with Crippen molar-refractivity contribution in [2.75, 3.05) is 18.5 Å². The molecule has 0 unspecified atom stereocenters. The van der Waals surface area contributed by atoms with Crippen LogP contribution in [-0.4, -0.2) is 29.9 Å². The van der Waals surface area contributed by atoms with Gasteiger partial charge in [0.25, 0.3) is 11.8 Å². The van der Waals surface area contributed by atoms with Crippen LogP contribution in [0, 0.1) is 0 Å². The van der Waals surface area contributed by atoms with Crippen molar-refractivity contribution < 1.29 is 14.3 Å². The first kappa shape index (κ1) is 19.1. The zero-order valence-electron chi connectivity index (χ0n) is 16.5. The highest BCUT2D eigenvalue weighted by Gasteiger charge is 2.19. The molecule has 3 N–H and O–H groups in total. The normalized spacial score (nSPS) is 13.0. The molecule has 6 heteroatoms. The highest BCUT2D eigenvalue weighted by Crippen LogP contribution is 2.31. The second kappa shape index (κ2) is 8.39. The molecule has 1 aliphatic rings. The average Bonchev–Trinajstić information content (AvgIpc) is 3.11. The minimum atomic E-state index is -0.177. The van der Waals surface area contributed by atoms with Gasteiger partial charge >= 0.3 is 0 Å². The molecule has 6 nitrogen and oxygen atoms in total. The van der Waals surface area contributed by atoms with Crippen molar-refractivity contribution in [3.63, 3.8) is 0 Å². The predicted molar refractivity (Wildman–Crippen MR) is 114 cm³/mol. The van der Waals surface area contributed by atoms with Gasteiger partial charge in [-0.3, -0.25) is 9.59 Å². The highest BCUT2D eigenvalue weighted by molar-refractivity contribution is 6.12. The molecule has 0 bridgehead atoms. The molecular weight excluding hydrogens is 366 g/mol. The fourth-order valence-corrected chi connectivity index (χ4v) is 3.88. The molecule has 0 saturated heterocycles. The van der Waals surface area contributed by atoms with E-state index in [0.717, 1.165) is 23.7 Å². The number of carbonyl (C=O) groups is 2. The van der Waals surface area contributed by atoms with Gasteiger partial charge in [-0.05, 0) is 56.4 Å². The van der Waals surface area contributed by atoms with Gasteiger partial charge in [-0.1, -0.05) is 18.2 Å². The van der Waals surface area contributed by atoms with E-state index in [1.54, 1.807) is 24.3 Å². The van der Waals surface area contributed by atoms with E-state index in [4.69, 9.17) is 4.74 Å². The maximum absolute atomic E-state index is 13.0. The van der Waals surface area contributed by atoms with Crippen LogP contribution in [-0.2, 0) is 17.6 Å². The summed E-state index contributed by atoms with van der Waals surface area (Å²) in [6, 6.07) is 12.9. The molecule has 0 radical (unpaired) electrons. The summed E-state index contributed by atoms with van der Waals surface area (Å²) in [6.07, 6.45) is 4.48. The van der Waals surface area contributed by atoms with Gasteiger partial charge < -0.3 is 20.4 Å². The Hall–Kier alpha value is -3.28. The number of aromatic amines is 1. The predicted octanol–water partition coefficient (Wildman–Crippen LogP) is 3.81.